The first-order valence-corrected chi connectivity index (χ1v) is 8.68. The molecule has 3 nitrogen and oxygen atoms in total. The summed E-state index contributed by atoms with van der Waals surface area (Å²) in [7, 11) is 0. The van der Waals surface area contributed by atoms with E-state index < -0.39 is 0 Å². The molecule has 6 heteroatoms. The monoisotopic (exact) mass is 378 g/mol. The fraction of sp³-hybridized carbons (Fsp3) is 0.588. The number of halogens is 3. The van der Waals surface area contributed by atoms with E-state index in [1.54, 1.807) is 6.07 Å². The van der Waals surface area contributed by atoms with Crippen LogP contribution in [-0.4, -0.2) is 19.0 Å². The van der Waals surface area contributed by atoms with Gasteiger partial charge in [-0.1, -0.05) is 36.2 Å². The Bertz CT molecular complexity index is 519. The van der Waals surface area contributed by atoms with Crippen LogP contribution in [0, 0.1) is 11.8 Å². The van der Waals surface area contributed by atoms with Gasteiger partial charge in [-0.2, -0.15) is 0 Å². The minimum absolute atomic E-state index is 0. The van der Waals surface area contributed by atoms with Crippen LogP contribution in [0.5, 0.6) is 0 Å². The van der Waals surface area contributed by atoms with Crippen LogP contribution in [0.1, 0.15) is 44.7 Å². The molecule has 0 spiro atoms. The van der Waals surface area contributed by atoms with E-state index >= 15 is 0 Å². The predicted octanol–water partition coefficient (Wildman–Crippen LogP) is 4.62. The summed E-state index contributed by atoms with van der Waals surface area (Å²) in [5.41, 5.74) is 0.967. The van der Waals surface area contributed by atoms with Gasteiger partial charge in [-0.05, 0) is 62.4 Å². The Hall–Kier alpha value is -0.480. The van der Waals surface area contributed by atoms with Crippen molar-refractivity contribution in [2.75, 3.05) is 13.1 Å². The van der Waals surface area contributed by atoms with E-state index in [4.69, 9.17) is 23.2 Å². The average molecular weight is 380 g/mol. The van der Waals surface area contributed by atoms with Crippen molar-refractivity contribution in [3.8, 4) is 0 Å². The molecule has 0 saturated carbocycles. The summed E-state index contributed by atoms with van der Waals surface area (Å²) in [5.74, 6) is 1.09. The zero-order valence-electron chi connectivity index (χ0n) is 13.6. The van der Waals surface area contributed by atoms with E-state index in [9.17, 15) is 4.79 Å². The fourth-order valence-electron chi connectivity index (χ4n) is 2.99. The Morgan fingerprint density at radius 2 is 2.09 bits per heavy atom. The first-order valence-electron chi connectivity index (χ1n) is 7.92. The van der Waals surface area contributed by atoms with Crippen molar-refractivity contribution in [1.29, 1.82) is 0 Å². The van der Waals surface area contributed by atoms with E-state index in [1.807, 2.05) is 19.1 Å². The van der Waals surface area contributed by atoms with E-state index in [0.29, 0.717) is 28.3 Å². The molecule has 1 aromatic rings. The lowest BCUT2D eigenvalue weighted by Crippen LogP contribution is -2.36. The maximum Gasteiger partial charge on any atom is 0.220 e. The molecule has 0 aromatic heterocycles. The van der Waals surface area contributed by atoms with Gasteiger partial charge < -0.3 is 10.6 Å². The third-order valence-electron chi connectivity index (χ3n) is 4.47. The lowest BCUT2D eigenvalue weighted by Gasteiger charge is -2.28. The van der Waals surface area contributed by atoms with Crippen LogP contribution in [0.15, 0.2) is 18.2 Å². The Morgan fingerprint density at radius 3 is 2.70 bits per heavy atom. The Balaban J connectivity index is 0.00000264. The van der Waals surface area contributed by atoms with Gasteiger partial charge in [-0.25, -0.2) is 0 Å². The molecule has 3 unspecified atom stereocenters. The second-order valence-corrected chi connectivity index (χ2v) is 7.06. The maximum atomic E-state index is 12.2. The third-order valence-corrected chi connectivity index (χ3v) is 5.21. The molecule has 2 rings (SSSR count). The van der Waals surface area contributed by atoms with Gasteiger partial charge >= 0.3 is 0 Å². The van der Waals surface area contributed by atoms with Crippen LogP contribution in [0.25, 0.3) is 0 Å². The number of carbonyl (C=O) groups excluding carboxylic acids is 1. The van der Waals surface area contributed by atoms with Crippen LogP contribution in [0.3, 0.4) is 0 Å². The molecule has 1 aromatic carbocycles. The molecule has 2 N–H and O–H groups in total. The van der Waals surface area contributed by atoms with Crippen molar-refractivity contribution < 1.29 is 4.79 Å². The lowest BCUT2D eigenvalue weighted by molar-refractivity contribution is -0.123. The minimum Gasteiger partial charge on any atom is -0.350 e. The quantitative estimate of drug-likeness (QED) is 0.784. The van der Waals surface area contributed by atoms with Gasteiger partial charge in [0.2, 0.25) is 5.91 Å². The van der Waals surface area contributed by atoms with Gasteiger partial charge in [-0.3, -0.25) is 4.79 Å². The molecule has 1 heterocycles. The van der Waals surface area contributed by atoms with Crippen LogP contribution in [-0.2, 0) is 4.79 Å². The van der Waals surface area contributed by atoms with Crippen molar-refractivity contribution in [2.24, 2.45) is 11.8 Å². The number of rotatable bonds is 5. The normalized spacial score (nSPS) is 20.3. The van der Waals surface area contributed by atoms with Crippen molar-refractivity contribution in [3.63, 3.8) is 0 Å². The van der Waals surface area contributed by atoms with E-state index in [0.717, 1.165) is 18.7 Å². The van der Waals surface area contributed by atoms with Gasteiger partial charge in [0.05, 0.1) is 16.1 Å². The molecular formula is C17H25Cl3N2O. The van der Waals surface area contributed by atoms with Gasteiger partial charge in [0, 0.05) is 6.42 Å². The van der Waals surface area contributed by atoms with Crippen LogP contribution < -0.4 is 10.6 Å². The highest BCUT2D eigenvalue weighted by Gasteiger charge is 2.22. The second-order valence-electron chi connectivity index (χ2n) is 6.25. The first-order chi connectivity index (χ1) is 10.5. The van der Waals surface area contributed by atoms with Crippen LogP contribution in [0.2, 0.25) is 10.0 Å². The number of carbonyl (C=O) groups is 1. The van der Waals surface area contributed by atoms with Crippen LogP contribution in [0.4, 0.5) is 0 Å². The zero-order chi connectivity index (χ0) is 16.1. The van der Waals surface area contributed by atoms with Gasteiger partial charge in [0.1, 0.15) is 0 Å². The van der Waals surface area contributed by atoms with Crippen molar-refractivity contribution in [3.05, 3.63) is 33.8 Å². The van der Waals surface area contributed by atoms with Gasteiger partial charge in [-0.15, -0.1) is 12.4 Å². The zero-order valence-corrected chi connectivity index (χ0v) is 15.9. The van der Waals surface area contributed by atoms with E-state index in [-0.39, 0.29) is 24.4 Å². The molecule has 0 radical (unpaired) electrons. The van der Waals surface area contributed by atoms with Gasteiger partial charge in [0.25, 0.3) is 0 Å². The second kappa shape index (κ2) is 9.73. The molecule has 1 aliphatic rings. The highest BCUT2D eigenvalue weighted by atomic mass is 35.5. The third kappa shape index (κ3) is 6.15. The molecule has 1 saturated heterocycles. The first kappa shape index (κ1) is 20.6. The van der Waals surface area contributed by atoms with E-state index in [1.165, 1.54) is 12.8 Å². The fourth-order valence-corrected chi connectivity index (χ4v) is 3.30. The van der Waals surface area contributed by atoms with Crippen LogP contribution >= 0.6 is 35.6 Å². The van der Waals surface area contributed by atoms with Crippen molar-refractivity contribution >= 4 is 41.5 Å². The molecule has 1 amide bonds. The molecule has 0 aliphatic carbocycles. The molecule has 1 aliphatic heterocycles. The number of amides is 1. The summed E-state index contributed by atoms with van der Waals surface area (Å²) in [6.07, 6.45) is 2.98. The summed E-state index contributed by atoms with van der Waals surface area (Å²) < 4.78 is 0. The number of hydrogen-bond donors (Lipinski definition) is 2. The Kier molecular flexibility index (Phi) is 8.70. The predicted molar refractivity (Wildman–Crippen MR) is 99.6 cm³/mol. The molecule has 130 valence electrons. The largest absolute Gasteiger partial charge is 0.350 e. The summed E-state index contributed by atoms with van der Waals surface area (Å²) in [5, 5.41) is 7.51. The lowest BCUT2D eigenvalue weighted by atomic mass is 9.85. The van der Waals surface area contributed by atoms with Crippen molar-refractivity contribution in [2.45, 2.75) is 39.2 Å². The highest BCUT2D eigenvalue weighted by Crippen LogP contribution is 2.26. The van der Waals surface area contributed by atoms with Gasteiger partial charge in [0.15, 0.2) is 0 Å². The number of nitrogens with one attached hydrogen (secondary N) is 2. The topological polar surface area (TPSA) is 41.1 Å². The number of hydrogen-bond acceptors (Lipinski definition) is 2. The molecular weight excluding hydrogens is 355 g/mol. The molecule has 0 bridgehead atoms. The maximum absolute atomic E-state index is 12.2. The van der Waals surface area contributed by atoms with Crippen molar-refractivity contribution in [1.82, 2.24) is 10.6 Å². The van der Waals surface area contributed by atoms with E-state index in [2.05, 4.69) is 17.6 Å². The molecule has 3 atom stereocenters. The summed E-state index contributed by atoms with van der Waals surface area (Å²) in [4.78, 5) is 12.2. The summed E-state index contributed by atoms with van der Waals surface area (Å²) >= 11 is 11.9. The number of benzene rings is 1. The molecule has 23 heavy (non-hydrogen) atoms. The summed E-state index contributed by atoms with van der Waals surface area (Å²) in [6, 6.07) is 5.40. The highest BCUT2D eigenvalue weighted by molar-refractivity contribution is 6.42. The standard InChI is InChI=1S/C17H24Cl2N2O.ClH/c1-11(14-4-3-7-20-10-14)8-17(22)21-12(2)13-5-6-15(18)16(19)9-13;/h5-6,9,11-12,14,20H,3-4,7-8,10H2,1-2H3,(H,21,22);1H. The Morgan fingerprint density at radius 1 is 1.35 bits per heavy atom. The average Bonchev–Trinajstić information content (AvgIpc) is 2.50. The molecule has 1 fully saturated rings. The minimum atomic E-state index is -0.0704. The SMILES string of the molecule is CC(NC(=O)CC(C)C1CCCNC1)c1ccc(Cl)c(Cl)c1.Cl. The number of piperidine rings is 1. The summed E-state index contributed by atoms with van der Waals surface area (Å²) in [6.45, 7) is 6.26. The Labute approximate surface area is 154 Å². The smallest absolute Gasteiger partial charge is 0.220 e.